The summed E-state index contributed by atoms with van der Waals surface area (Å²) in [5.41, 5.74) is 9.44. The number of hydrogen-bond acceptors (Lipinski definition) is 0. The Balaban J connectivity index is 1.86. The topological polar surface area (TPSA) is 27.2 Å². The molecule has 1 rings (SSSR count). The molecule has 0 bridgehead atoms. The molecule has 0 saturated carbocycles. The molecule has 0 aliphatic heterocycles. The van der Waals surface area contributed by atoms with Crippen LogP contribution in [0.4, 0.5) is 5.82 Å². The van der Waals surface area contributed by atoms with E-state index in [0.29, 0.717) is 5.82 Å². The maximum Gasteiger partial charge on any atom is 0.155 e. The van der Waals surface area contributed by atoms with Gasteiger partial charge in [-0.15, -0.1) is 5.73 Å². The lowest BCUT2D eigenvalue weighted by Crippen LogP contribution is -1.96. The largest absolute Gasteiger partial charge is 0.332 e. The third-order valence-corrected chi connectivity index (χ3v) is 3.31. The maximum atomic E-state index is 9.44. The van der Waals surface area contributed by atoms with Gasteiger partial charge in [0, 0.05) is 12.7 Å². The SMILES string of the molecule is CCCCCCCCCCCn1cccc1[N]. The molecule has 0 spiro atoms. The summed E-state index contributed by atoms with van der Waals surface area (Å²) in [4.78, 5) is 0. The van der Waals surface area contributed by atoms with E-state index >= 15 is 0 Å². The van der Waals surface area contributed by atoms with Crippen LogP contribution in [-0.4, -0.2) is 4.57 Å². The number of unbranched alkanes of at least 4 members (excludes halogenated alkanes) is 8. The van der Waals surface area contributed by atoms with Crippen LogP contribution in [0.5, 0.6) is 0 Å². The lowest BCUT2D eigenvalue weighted by molar-refractivity contribution is 0.540. The average Bonchev–Trinajstić information content (AvgIpc) is 2.73. The maximum absolute atomic E-state index is 9.44. The Morgan fingerprint density at radius 2 is 1.53 bits per heavy atom. The first-order chi connectivity index (χ1) is 8.34. The molecule has 2 nitrogen and oxygen atoms in total. The minimum Gasteiger partial charge on any atom is -0.332 e. The smallest absolute Gasteiger partial charge is 0.155 e. The molecule has 0 aliphatic carbocycles. The van der Waals surface area contributed by atoms with E-state index in [4.69, 9.17) is 0 Å². The van der Waals surface area contributed by atoms with Crippen LogP contribution in [0.3, 0.4) is 0 Å². The van der Waals surface area contributed by atoms with Crippen LogP contribution in [-0.2, 0) is 6.54 Å². The molecule has 2 heteroatoms. The molecule has 1 heterocycles. The number of aromatic nitrogens is 1. The van der Waals surface area contributed by atoms with Gasteiger partial charge < -0.3 is 4.57 Å². The Bertz CT molecular complexity index is 278. The highest BCUT2D eigenvalue weighted by molar-refractivity contribution is 5.24. The van der Waals surface area contributed by atoms with Crippen molar-refractivity contribution in [1.29, 1.82) is 0 Å². The van der Waals surface area contributed by atoms with Gasteiger partial charge in [0.25, 0.3) is 0 Å². The van der Waals surface area contributed by atoms with E-state index in [9.17, 15) is 5.73 Å². The molecular formula is C15H26N2. The molecule has 0 saturated heterocycles. The van der Waals surface area contributed by atoms with Crippen molar-refractivity contribution in [3.8, 4) is 0 Å². The van der Waals surface area contributed by atoms with Crippen LogP contribution in [0.25, 0.3) is 0 Å². The van der Waals surface area contributed by atoms with Crippen molar-refractivity contribution in [2.45, 2.75) is 71.3 Å². The normalized spacial score (nSPS) is 10.9. The first-order valence-corrected chi connectivity index (χ1v) is 7.18. The predicted octanol–water partition coefficient (Wildman–Crippen LogP) is 4.72. The quantitative estimate of drug-likeness (QED) is 0.524. The number of nitrogens with zero attached hydrogens (tertiary/aromatic N) is 2. The number of rotatable bonds is 10. The van der Waals surface area contributed by atoms with Crippen molar-refractivity contribution in [1.82, 2.24) is 10.3 Å². The van der Waals surface area contributed by atoms with Gasteiger partial charge >= 0.3 is 0 Å². The molecule has 2 radical (unpaired) electrons. The van der Waals surface area contributed by atoms with Gasteiger partial charge in [-0.3, -0.25) is 0 Å². The summed E-state index contributed by atoms with van der Waals surface area (Å²) >= 11 is 0. The summed E-state index contributed by atoms with van der Waals surface area (Å²) in [5, 5.41) is 0. The van der Waals surface area contributed by atoms with Crippen LogP contribution in [0.15, 0.2) is 18.3 Å². The van der Waals surface area contributed by atoms with E-state index in [0.717, 1.165) is 6.54 Å². The summed E-state index contributed by atoms with van der Waals surface area (Å²) in [5.74, 6) is 0.393. The highest BCUT2D eigenvalue weighted by Gasteiger charge is 1.97. The Morgan fingerprint density at radius 1 is 0.941 bits per heavy atom. The summed E-state index contributed by atoms with van der Waals surface area (Å²) in [6, 6.07) is 3.64. The van der Waals surface area contributed by atoms with Crippen LogP contribution in [0, 0.1) is 0 Å². The van der Waals surface area contributed by atoms with Crippen LogP contribution in [0.2, 0.25) is 0 Å². The Hall–Kier alpha value is -0.920. The third-order valence-electron chi connectivity index (χ3n) is 3.31. The molecule has 0 amide bonds. The minimum absolute atomic E-state index is 0.393. The molecule has 0 unspecified atom stereocenters. The molecule has 0 fully saturated rings. The predicted molar refractivity (Wildman–Crippen MR) is 73.5 cm³/mol. The van der Waals surface area contributed by atoms with Gasteiger partial charge in [-0.1, -0.05) is 58.3 Å². The van der Waals surface area contributed by atoms with Crippen LogP contribution >= 0.6 is 0 Å². The van der Waals surface area contributed by atoms with E-state index in [-0.39, 0.29) is 0 Å². The van der Waals surface area contributed by atoms with E-state index in [1.165, 1.54) is 57.8 Å². The Labute approximate surface area is 106 Å². The van der Waals surface area contributed by atoms with Crippen molar-refractivity contribution in [3.63, 3.8) is 0 Å². The van der Waals surface area contributed by atoms with E-state index in [1.807, 2.05) is 16.8 Å². The van der Waals surface area contributed by atoms with E-state index in [2.05, 4.69) is 6.92 Å². The van der Waals surface area contributed by atoms with Gasteiger partial charge in [-0.2, -0.15) is 0 Å². The second kappa shape index (κ2) is 9.15. The van der Waals surface area contributed by atoms with Gasteiger partial charge in [0.1, 0.15) is 0 Å². The van der Waals surface area contributed by atoms with Gasteiger partial charge in [-0.05, 0) is 18.6 Å². The standard InChI is InChI=1S/C15H26N2/c1-2-3-4-5-6-7-8-9-10-13-17-14-11-12-15(17)16/h11-12,14H,2-10,13H2,1H3. The monoisotopic (exact) mass is 234 g/mol. The molecule has 1 aromatic rings. The highest BCUT2D eigenvalue weighted by atomic mass is 15.0. The molecule has 0 N–H and O–H groups in total. The first kappa shape index (κ1) is 14.1. The zero-order valence-corrected chi connectivity index (χ0v) is 11.2. The summed E-state index contributed by atoms with van der Waals surface area (Å²) in [6.45, 7) is 3.21. The fourth-order valence-corrected chi connectivity index (χ4v) is 2.19. The first-order valence-electron chi connectivity index (χ1n) is 7.18. The highest BCUT2D eigenvalue weighted by Crippen LogP contribution is 2.12. The zero-order chi connectivity index (χ0) is 12.3. The molecule has 0 aromatic carbocycles. The van der Waals surface area contributed by atoms with Gasteiger partial charge in [-0.25, -0.2) is 0 Å². The lowest BCUT2D eigenvalue weighted by atomic mass is 10.1. The fraction of sp³-hybridized carbons (Fsp3) is 0.733. The molecule has 96 valence electrons. The number of hydrogen-bond donors (Lipinski definition) is 0. The van der Waals surface area contributed by atoms with Crippen LogP contribution < -0.4 is 5.73 Å². The van der Waals surface area contributed by atoms with Crippen molar-refractivity contribution in [2.75, 3.05) is 0 Å². The van der Waals surface area contributed by atoms with Gasteiger partial charge in [0.05, 0.1) is 0 Å². The van der Waals surface area contributed by atoms with E-state index < -0.39 is 0 Å². The second-order valence-corrected chi connectivity index (χ2v) is 4.89. The zero-order valence-electron chi connectivity index (χ0n) is 11.2. The summed E-state index contributed by atoms with van der Waals surface area (Å²) < 4.78 is 1.92. The summed E-state index contributed by atoms with van der Waals surface area (Å²) in [6.07, 6.45) is 14.1. The fourth-order valence-electron chi connectivity index (χ4n) is 2.19. The van der Waals surface area contributed by atoms with Gasteiger partial charge in [0.15, 0.2) is 5.82 Å². The van der Waals surface area contributed by atoms with Crippen molar-refractivity contribution < 1.29 is 0 Å². The summed E-state index contributed by atoms with van der Waals surface area (Å²) in [7, 11) is 0. The third kappa shape index (κ3) is 6.40. The van der Waals surface area contributed by atoms with Crippen molar-refractivity contribution in [3.05, 3.63) is 18.3 Å². The lowest BCUT2D eigenvalue weighted by Gasteiger charge is -2.04. The van der Waals surface area contributed by atoms with Gasteiger partial charge in [0.2, 0.25) is 0 Å². The molecule has 0 aliphatic rings. The van der Waals surface area contributed by atoms with Crippen molar-refractivity contribution >= 4 is 5.82 Å². The Morgan fingerprint density at radius 3 is 2.06 bits per heavy atom. The number of aryl methyl sites for hydroxylation is 1. The molecule has 17 heavy (non-hydrogen) atoms. The molecule has 0 atom stereocenters. The second-order valence-electron chi connectivity index (χ2n) is 4.89. The minimum atomic E-state index is 0.393. The molecule has 1 aromatic heterocycles. The van der Waals surface area contributed by atoms with Crippen molar-refractivity contribution in [2.24, 2.45) is 0 Å². The van der Waals surface area contributed by atoms with E-state index in [1.54, 1.807) is 6.07 Å². The average molecular weight is 234 g/mol. The Kier molecular flexibility index (Phi) is 7.61. The van der Waals surface area contributed by atoms with Crippen LogP contribution in [0.1, 0.15) is 64.7 Å². The molecular weight excluding hydrogens is 208 g/mol.